The fourth-order valence-corrected chi connectivity index (χ4v) is 4.22. The lowest BCUT2D eigenvalue weighted by atomic mass is 10.1. The number of esters is 1. The second-order valence-corrected chi connectivity index (χ2v) is 8.83. The lowest BCUT2D eigenvalue weighted by Gasteiger charge is -2.17. The van der Waals surface area contributed by atoms with Gasteiger partial charge in [0.15, 0.2) is 5.58 Å². The summed E-state index contributed by atoms with van der Waals surface area (Å²) in [6, 6.07) is 27.7. The third-order valence-electron chi connectivity index (χ3n) is 6.31. The number of benzene rings is 3. The van der Waals surface area contributed by atoms with Crippen molar-refractivity contribution in [2.24, 2.45) is 0 Å². The highest BCUT2D eigenvalue weighted by molar-refractivity contribution is 5.75. The van der Waals surface area contributed by atoms with Crippen LogP contribution in [0.5, 0.6) is 5.75 Å². The molecule has 0 N–H and O–H groups in total. The Labute approximate surface area is 215 Å². The number of methoxy groups -OCH3 is 1. The molecule has 0 fully saturated rings. The summed E-state index contributed by atoms with van der Waals surface area (Å²) in [5.74, 6) is 0.481. The van der Waals surface area contributed by atoms with E-state index in [0.717, 1.165) is 33.5 Å². The highest BCUT2D eigenvalue weighted by atomic mass is 16.5. The van der Waals surface area contributed by atoms with Gasteiger partial charge in [0, 0.05) is 25.9 Å². The SMILES string of the molecule is COC(=O)[C@H](Cc1ccc(OCCN(C)c2nc3ccccc3o2)cc1)n1ccc(-c2ccccc2)c1. The van der Waals surface area contributed by atoms with Crippen molar-refractivity contribution in [3.05, 3.63) is 103 Å². The molecule has 5 aromatic rings. The summed E-state index contributed by atoms with van der Waals surface area (Å²) in [4.78, 5) is 19.1. The Morgan fingerprint density at radius 1 is 0.973 bits per heavy atom. The Balaban J connectivity index is 1.19. The van der Waals surface area contributed by atoms with E-state index in [1.54, 1.807) is 0 Å². The van der Waals surface area contributed by atoms with Crippen molar-refractivity contribution >= 4 is 23.1 Å². The summed E-state index contributed by atoms with van der Waals surface area (Å²) < 4.78 is 18.8. The van der Waals surface area contributed by atoms with Crippen LogP contribution >= 0.6 is 0 Å². The molecule has 2 heterocycles. The van der Waals surface area contributed by atoms with E-state index in [1.165, 1.54) is 7.11 Å². The first-order valence-corrected chi connectivity index (χ1v) is 12.2. The highest BCUT2D eigenvalue weighted by Gasteiger charge is 2.22. The lowest BCUT2D eigenvalue weighted by molar-refractivity contribution is -0.144. The summed E-state index contributed by atoms with van der Waals surface area (Å²) in [6.07, 6.45) is 4.42. The summed E-state index contributed by atoms with van der Waals surface area (Å²) in [6.45, 7) is 1.10. The zero-order chi connectivity index (χ0) is 25.6. The molecular weight excluding hydrogens is 466 g/mol. The highest BCUT2D eigenvalue weighted by Crippen LogP contribution is 2.25. The van der Waals surface area contributed by atoms with Gasteiger partial charge in [0.25, 0.3) is 6.01 Å². The van der Waals surface area contributed by atoms with Gasteiger partial charge in [-0.15, -0.1) is 0 Å². The Morgan fingerprint density at radius 3 is 2.49 bits per heavy atom. The largest absolute Gasteiger partial charge is 0.492 e. The van der Waals surface area contributed by atoms with Crippen LogP contribution in [0.25, 0.3) is 22.2 Å². The summed E-state index contributed by atoms with van der Waals surface area (Å²) >= 11 is 0. The number of carbonyl (C=O) groups is 1. The van der Waals surface area contributed by atoms with Crippen LogP contribution in [0.4, 0.5) is 6.01 Å². The summed E-state index contributed by atoms with van der Waals surface area (Å²) in [5.41, 5.74) is 4.78. The number of carbonyl (C=O) groups excluding carboxylic acids is 1. The second-order valence-electron chi connectivity index (χ2n) is 8.83. The van der Waals surface area contributed by atoms with Crippen molar-refractivity contribution in [3.8, 4) is 16.9 Å². The molecular formula is C30H29N3O4. The van der Waals surface area contributed by atoms with E-state index in [1.807, 2.05) is 102 Å². The van der Waals surface area contributed by atoms with E-state index < -0.39 is 6.04 Å². The molecule has 0 radical (unpaired) electrons. The van der Waals surface area contributed by atoms with Crippen LogP contribution < -0.4 is 9.64 Å². The number of rotatable bonds is 10. The Morgan fingerprint density at radius 2 is 1.73 bits per heavy atom. The molecule has 2 aromatic heterocycles. The van der Waals surface area contributed by atoms with Crippen LogP contribution in [-0.4, -0.2) is 42.8 Å². The molecule has 0 spiro atoms. The van der Waals surface area contributed by atoms with Crippen molar-refractivity contribution in [3.63, 3.8) is 0 Å². The van der Waals surface area contributed by atoms with Gasteiger partial charge in [-0.05, 0) is 47.0 Å². The van der Waals surface area contributed by atoms with Gasteiger partial charge < -0.3 is 23.4 Å². The molecule has 5 rings (SSSR count). The van der Waals surface area contributed by atoms with Crippen molar-refractivity contribution in [2.75, 3.05) is 32.2 Å². The summed E-state index contributed by atoms with van der Waals surface area (Å²) in [5, 5.41) is 0. The smallest absolute Gasteiger partial charge is 0.329 e. The van der Waals surface area contributed by atoms with Gasteiger partial charge in [-0.2, -0.15) is 4.98 Å². The minimum Gasteiger partial charge on any atom is -0.492 e. The Hall–Kier alpha value is -4.52. The number of likely N-dealkylation sites (N-methyl/N-ethyl adjacent to an activating group) is 1. The predicted molar refractivity (Wildman–Crippen MR) is 144 cm³/mol. The van der Waals surface area contributed by atoms with Gasteiger partial charge in [-0.25, -0.2) is 4.79 Å². The molecule has 37 heavy (non-hydrogen) atoms. The first-order chi connectivity index (χ1) is 18.1. The maximum Gasteiger partial charge on any atom is 0.329 e. The van der Waals surface area contributed by atoms with E-state index in [0.29, 0.717) is 25.6 Å². The van der Waals surface area contributed by atoms with Gasteiger partial charge >= 0.3 is 5.97 Å². The molecule has 0 aliphatic rings. The molecule has 0 unspecified atom stereocenters. The number of ether oxygens (including phenoxy) is 2. The average molecular weight is 496 g/mol. The van der Waals surface area contributed by atoms with Gasteiger partial charge in [0.05, 0.1) is 13.7 Å². The van der Waals surface area contributed by atoms with Gasteiger partial charge in [-0.3, -0.25) is 0 Å². The molecule has 0 aliphatic heterocycles. The monoisotopic (exact) mass is 495 g/mol. The number of fused-ring (bicyclic) bond motifs is 1. The summed E-state index contributed by atoms with van der Waals surface area (Å²) in [7, 11) is 3.35. The van der Waals surface area contributed by atoms with Crippen molar-refractivity contribution in [2.45, 2.75) is 12.5 Å². The molecule has 3 aromatic carbocycles. The third kappa shape index (κ3) is 5.67. The van der Waals surface area contributed by atoms with Gasteiger partial charge in [0.1, 0.15) is 23.9 Å². The van der Waals surface area contributed by atoms with Crippen molar-refractivity contribution in [1.29, 1.82) is 0 Å². The Bertz CT molecular complexity index is 1420. The fraction of sp³-hybridized carbons (Fsp3) is 0.200. The number of oxazole rings is 1. The topological polar surface area (TPSA) is 69.7 Å². The van der Waals surface area contributed by atoms with Crippen molar-refractivity contribution < 1.29 is 18.7 Å². The fourth-order valence-electron chi connectivity index (χ4n) is 4.22. The van der Waals surface area contributed by atoms with Crippen LogP contribution in [0.1, 0.15) is 11.6 Å². The van der Waals surface area contributed by atoms with Crippen LogP contribution in [0, 0.1) is 0 Å². The molecule has 1 atom stereocenters. The molecule has 0 saturated carbocycles. The number of nitrogens with zero attached hydrogens (tertiary/aromatic N) is 3. The minimum atomic E-state index is -0.459. The first-order valence-electron chi connectivity index (χ1n) is 12.2. The van der Waals surface area contributed by atoms with Gasteiger partial charge in [0.2, 0.25) is 0 Å². The minimum absolute atomic E-state index is 0.280. The number of hydrogen-bond acceptors (Lipinski definition) is 6. The standard InChI is InChI=1S/C30H29N3O4/c1-32(30-31-26-10-6-7-11-28(26)37-30)18-19-36-25-14-12-22(13-15-25)20-27(29(34)35-2)33-17-16-24(21-33)23-8-4-3-5-9-23/h3-17,21,27H,18-20H2,1-2H3/t27-/m0/s1. The van der Waals surface area contributed by atoms with Crippen LogP contribution in [0.3, 0.4) is 0 Å². The maximum absolute atomic E-state index is 12.6. The Kier molecular flexibility index (Phi) is 7.21. The van der Waals surface area contributed by atoms with E-state index in [2.05, 4.69) is 17.1 Å². The van der Waals surface area contributed by atoms with Crippen LogP contribution in [-0.2, 0) is 16.0 Å². The molecule has 7 nitrogen and oxygen atoms in total. The first kappa shape index (κ1) is 24.2. The van der Waals surface area contributed by atoms with Crippen LogP contribution in [0.2, 0.25) is 0 Å². The second kappa shape index (κ2) is 11.0. The zero-order valence-electron chi connectivity index (χ0n) is 20.9. The molecule has 0 bridgehead atoms. The van der Waals surface area contributed by atoms with Gasteiger partial charge in [-0.1, -0.05) is 54.6 Å². The molecule has 188 valence electrons. The van der Waals surface area contributed by atoms with E-state index in [9.17, 15) is 4.79 Å². The van der Waals surface area contributed by atoms with Crippen molar-refractivity contribution in [1.82, 2.24) is 9.55 Å². The number of anilines is 1. The number of aromatic nitrogens is 2. The average Bonchev–Trinajstić information content (AvgIpc) is 3.60. The predicted octanol–water partition coefficient (Wildman–Crippen LogP) is 5.77. The molecule has 0 amide bonds. The van der Waals surface area contributed by atoms with E-state index >= 15 is 0 Å². The normalized spacial score (nSPS) is 11.8. The quantitative estimate of drug-likeness (QED) is 0.229. The maximum atomic E-state index is 12.6. The van der Waals surface area contributed by atoms with E-state index in [-0.39, 0.29) is 5.97 Å². The number of para-hydroxylation sites is 2. The number of hydrogen-bond donors (Lipinski definition) is 0. The lowest BCUT2D eigenvalue weighted by Crippen LogP contribution is -2.24. The molecule has 0 aliphatic carbocycles. The van der Waals surface area contributed by atoms with Crippen LogP contribution in [0.15, 0.2) is 102 Å². The molecule has 0 saturated heterocycles. The third-order valence-corrected chi connectivity index (χ3v) is 6.31. The molecule has 7 heteroatoms. The van der Waals surface area contributed by atoms with E-state index in [4.69, 9.17) is 13.9 Å². The zero-order valence-corrected chi connectivity index (χ0v) is 20.9.